The number of ether oxygens (including phenoxy) is 1. The van der Waals surface area contributed by atoms with Crippen LogP contribution in [0, 0.1) is 0 Å². The van der Waals surface area contributed by atoms with Crippen LogP contribution in [0.2, 0.25) is 0 Å². The smallest absolute Gasteiger partial charge is 0.337 e. The topological polar surface area (TPSA) is 99.3 Å². The van der Waals surface area contributed by atoms with Gasteiger partial charge >= 0.3 is 5.97 Å². The van der Waals surface area contributed by atoms with Gasteiger partial charge in [-0.15, -0.1) is 0 Å². The number of nitrogens with zero attached hydrogens (tertiary/aromatic N) is 3. The molecule has 0 atom stereocenters. The van der Waals surface area contributed by atoms with Gasteiger partial charge in [0.05, 0.1) is 19.2 Å². The van der Waals surface area contributed by atoms with Crippen molar-refractivity contribution >= 4 is 27.8 Å². The van der Waals surface area contributed by atoms with Crippen LogP contribution in [-0.2, 0) is 19.7 Å². The zero-order valence-electron chi connectivity index (χ0n) is 18.2. The summed E-state index contributed by atoms with van der Waals surface area (Å²) in [4.78, 5) is 25.8. The fourth-order valence-corrected chi connectivity index (χ4v) is 5.72. The number of carbonyl (C=O) groups excluding carboxylic acids is 2. The molecular formula is C21H32N4O5S. The van der Waals surface area contributed by atoms with Crippen molar-refractivity contribution in [3.63, 3.8) is 0 Å². The van der Waals surface area contributed by atoms with Gasteiger partial charge in [-0.3, -0.25) is 9.69 Å². The molecule has 0 bridgehead atoms. The molecule has 1 amide bonds. The molecule has 1 aromatic carbocycles. The molecule has 0 unspecified atom stereocenters. The number of piperazine rings is 1. The van der Waals surface area contributed by atoms with E-state index < -0.39 is 16.2 Å². The Hall–Kier alpha value is -2.01. The van der Waals surface area contributed by atoms with Crippen LogP contribution in [-0.4, -0.2) is 86.7 Å². The van der Waals surface area contributed by atoms with Gasteiger partial charge in [0, 0.05) is 45.0 Å². The van der Waals surface area contributed by atoms with Crippen molar-refractivity contribution in [2.45, 2.75) is 38.1 Å². The first-order chi connectivity index (χ1) is 14.8. The van der Waals surface area contributed by atoms with Crippen molar-refractivity contribution in [2.75, 3.05) is 52.2 Å². The summed E-state index contributed by atoms with van der Waals surface area (Å²) in [7, 11) is -0.466. The van der Waals surface area contributed by atoms with Crippen molar-refractivity contribution in [1.29, 1.82) is 0 Å². The number of esters is 1. The second-order valence-corrected chi connectivity index (χ2v) is 10.1. The van der Waals surface area contributed by atoms with Crippen molar-refractivity contribution in [3.8, 4) is 0 Å². The predicted molar refractivity (Wildman–Crippen MR) is 118 cm³/mol. The molecule has 1 aliphatic carbocycles. The molecule has 9 nitrogen and oxygen atoms in total. The Morgan fingerprint density at radius 1 is 1.06 bits per heavy atom. The summed E-state index contributed by atoms with van der Waals surface area (Å²) >= 11 is 0. The Kier molecular flexibility index (Phi) is 8.04. The molecule has 10 heteroatoms. The van der Waals surface area contributed by atoms with E-state index in [1.165, 1.54) is 17.8 Å². The van der Waals surface area contributed by atoms with E-state index in [1.807, 2.05) is 4.90 Å². The SMILES string of the molecule is COC(=O)c1ccc(NC(=O)CN2CCN(S(=O)(=O)N(C)C3CCCCC3)CC2)cc1. The van der Waals surface area contributed by atoms with Crippen LogP contribution in [0.4, 0.5) is 5.69 Å². The summed E-state index contributed by atoms with van der Waals surface area (Å²) in [6.45, 7) is 1.95. The fourth-order valence-electron chi connectivity index (χ4n) is 4.14. The minimum atomic E-state index is -3.47. The Morgan fingerprint density at radius 2 is 1.68 bits per heavy atom. The van der Waals surface area contributed by atoms with Gasteiger partial charge in [0.15, 0.2) is 0 Å². The van der Waals surface area contributed by atoms with E-state index in [4.69, 9.17) is 0 Å². The van der Waals surface area contributed by atoms with Gasteiger partial charge in [-0.25, -0.2) is 4.79 Å². The molecular weight excluding hydrogens is 420 g/mol. The van der Waals surface area contributed by atoms with Gasteiger partial charge in [-0.05, 0) is 37.1 Å². The number of amides is 1. The maximum Gasteiger partial charge on any atom is 0.337 e. The third-order valence-corrected chi connectivity index (χ3v) is 8.11. The minimum Gasteiger partial charge on any atom is -0.465 e. The molecule has 2 aliphatic rings. The summed E-state index contributed by atoms with van der Waals surface area (Å²) in [6.07, 6.45) is 5.20. The van der Waals surface area contributed by atoms with Crippen molar-refractivity contribution < 1.29 is 22.7 Å². The fraction of sp³-hybridized carbons (Fsp3) is 0.619. The van der Waals surface area contributed by atoms with Crippen molar-refractivity contribution in [2.24, 2.45) is 0 Å². The van der Waals surface area contributed by atoms with Gasteiger partial charge in [-0.1, -0.05) is 19.3 Å². The highest BCUT2D eigenvalue weighted by molar-refractivity contribution is 7.86. The zero-order chi connectivity index (χ0) is 22.4. The molecule has 31 heavy (non-hydrogen) atoms. The van der Waals surface area contributed by atoms with Crippen LogP contribution in [0.25, 0.3) is 0 Å². The molecule has 0 spiro atoms. The standard InChI is InChI=1S/C21H32N4O5S/c1-23(19-6-4-3-5-7-19)31(28,29)25-14-12-24(13-15-25)16-20(26)22-18-10-8-17(9-11-18)21(27)30-2/h8-11,19H,3-7,12-16H2,1-2H3,(H,22,26). The minimum absolute atomic E-state index is 0.0909. The van der Waals surface area contributed by atoms with Crippen LogP contribution in [0.1, 0.15) is 42.5 Å². The number of benzene rings is 1. The molecule has 1 N–H and O–H groups in total. The van der Waals surface area contributed by atoms with E-state index >= 15 is 0 Å². The number of hydrogen-bond donors (Lipinski definition) is 1. The second kappa shape index (κ2) is 10.5. The molecule has 1 saturated heterocycles. The van der Waals surface area contributed by atoms with E-state index in [1.54, 1.807) is 35.6 Å². The highest BCUT2D eigenvalue weighted by Crippen LogP contribution is 2.25. The summed E-state index contributed by atoms with van der Waals surface area (Å²) in [5.74, 6) is -0.610. The first-order valence-corrected chi connectivity index (χ1v) is 12.1. The Balaban J connectivity index is 1.47. The van der Waals surface area contributed by atoms with Gasteiger partial charge < -0.3 is 10.1 Å². The lowest BCUT2D eigenvalue weighted by atomic mass is 9.96. The van der Waals surface area contributed by atoms with E-state index in [9.17, 15) is 18.0 Å². The van der Waals surface area contributed by atoms with Crippen molar-refractivity contribution in [1.82, 2.24) is 13.5 Å². The monoisotopic (exact) mass is 452 g/mol. The molecule has 1 aromatic rings. The first kappa shape index (κ1) is 23.6. The molecule has 172 valence electrons. The first-order valence-electron chi connectivity index (χ1n) is 10.7. The van der Waals surface area contributed by atoms with Crippen LogP contribution in [0.5, 0.6) is 0 Å². The highest BCUT2D eigenvalue weighted by atomic mass is 32.2. The quantitative estimate of drug-likeness (QED) is 0.630. The lowest BCUT2D eigenvalue weighted by Gasteiger charge is -2.38. The van der Waals surface area contributed by atoms with Crippen LogP contribution < -0.4 is 5.32 Å². The number of rotatable bonds is 7. The van der Waals surface area contributed by atoms with E-state index in [0.29, 0.717) is 37.4 Å². The third kappa shape index (κ3) is 6.03. The third-order valence-electron chi connectivity index (χ3n) is 6.07. The molecule has 1 heterocycles. The van der Waals surface area contributed by atoms with Gasteiger partial charge in [0.25, 0.3) is 10.2 Å². The van der Waals surface area contributed by atoms with Gasteiger partial charge in [0.2, 0.25) is 5.91 Å². The summed E-state index contributed by atoms with van der Waals surface area (Å²) in [5, 5.41) is 2.80. The Bertz CT molecular complexity index is 860. The molecule has 3 rings (SSSR count). The Morgan fingerprint density at radius 3 is 2.26 bits per heavy atom. The molecule has 2 fully saturated rings. The summed E-state index contributed by atoms with van der Waals surface area (Å²) in [5.41, 5.74) is 1.00. The maximum atomic E-state index is 13.0. The van der Waals surface area contributed by atoms with E-state index in [0.717, 1.165) is 25.7 Å². The van der Waals surface area contributed by atoms with Gasteiger partial charge in [0.1, 0.15) is 0 Å². The largest absolute Gasteiger partial charge is 0.465 e. The summed E-state index contributed by atoms with van der Waals surface area (Å²) < 4.78 is 33.7. The van der Waals surface area contributed by atoms with Crippen LogP contribution in [0.3, 0.4) is 0 Å². The summed E-state index contributed by atoms with van der Waals surface area (Å²) in [6, 6.07) is 6.57. The lowest BCUT2D eigenvalue weighted by Crippen LogP contribution is -2.55. The number of methoxy groups -OCH3 is 1. The second-order valence-electron chi connectivity index (χ2n) is 8.11. The highest BCUT2D eigenvalue weighted by Gasteiger charge is 2.34. The van der Waals surface area contributed by atoms with Gasteiger partial charge in [-0.2, -0.15) is 17.0 Å². The molecule has 1 aliphatic heterocycles. The van der Waals surface area contributed by atoms with E-state index in [-0.39, 0.29) is 18.5 Å². The van der Waals surface area contributed by atoms with Crippen molar-refractivity contribution in [3.05, 3.63) is 29.8 Å². The number of carbonyl (C=O) groups is 2. The lowest BCUT2D eigenvalue weighted by molar-refractivity contribution is -0.117. The van der Waals surface area contributed by atoms with E-state index in [2.05, 4.69) is 10.1 Å². The number of anilines is 1. The molecule has 0 aromatic heterocycles. The predicted octanol–water partition coefficient (Wildman–Crippen LogP) is 1.54. The average molecular weight is 453 g/mol. The van der Waals surface area contributed by atoms with Crippen LogP contribution >= 0.6 is 0 Å². The number of hydrogen-bond acceptors (Lipinski definition) is 6. The molecule has 1 saturated carbocycles. The zero-order valence-corrected chi connectivity index (χ0v) is 19.1. The van der Waals surface area contributed by atoms with Crippen LogP contribution in [0.15, 0.2) is 24.3 Å². The Labute approximate surface area is 184 Å². The number of nitrogens with one attached hydrogen (secondary N) is 1. The maximum absolute atomic E-state index is 13.0. The normalized spacial score (nSPS) is 19.3. The average Bonchev–Trinajstić information content (AvgIpc) is 2.79. The molecule has 0 radical (unpaired) electrons.